The minimum atomic E-state index is -0.688. The fourth-order valence-corrected chi connectivity index (χ4v) is 1.61. The summed E-state index contributed by atoms with van der Waals surface area (Å²) in [5.74, 6) is -0.582. The summed E-state index contributed by atoms with van der Waals surface area (Å²) < 4.78 is 10.2. The van der Waals surface area contributed by atoms with Crippen molar-refractivity contribution in [1.29, 1.82) is 0 Å². The summed E-state index contributed by atoms with van der Waals surface area (Å²) in [4.78, 5) is 28.2. The van der Waals surface area contributed by atoms with Crippen LogP contribution in [0.4, 0.5) is 0 Å². The van der Waals surface area contributed by atoms with E-state index in [2.05, 4.69) is 19.3 Å². The molecule has 6 nitrogen and oxygen atoms in total. The third kappa shape index (κ3) is 8.95. The highest BCUT2D eigenvalue weighted by molar-refractivity contribution is 5.81. The molecule has 0 aromatic heterocycles. The van der Waals surface area contributed by atoms with E-state index < -0.39 is 24.6 Å². The predicted octanol–water partition coefficient (Wildman–Crippen LogP) is 2.23. The van der Waals surface area contributed by atoms with E-state index in [1.165, 1.54) is 0 Å². The molecule has 0 fully saturated rings. The van der Waals surface area contributed by atoms with Gasteiger partial charge in [0.25, 0.3) is 5.91 Å². The van der Waals surface area contributed by atoms with Crippen molar-refractivity contribution >= 4 is 11.9 Å². The van der Waals surface area contributed by atoms with Crippen LogP contribution in [0.5, 0.6) is 0 Å². The highest BCUT2D eigenvalue weighted by Crippen LogP contribution is 2.03. The lowest BCUT2D eigenvalue weighted by atomic mass is 10.1. The number of rotatable bonds is 10. The molecule has 6 heteroatoms. The number of benzene rings is 1. The molecule has 0 saturated carbocycles. The zero-order valence-electron chi connectivity index (χ0n) is 13.9. The van der Waals surface area contributed by atoms with E-state index in [9.17, 15) is 9.59 Å². The van der Waals surface area contributed by atoms with Crippen molar-refractivity contribution in [1.82, 2.24) is 5.48 Å². The number of hydrogen-bond donors (Lipinski definition) is 1. The van der Waals surface area contributed by atoms with Gasteiger partial charge in [0.2, 0.25) is 0 Å². The summed E-state index contributed by atoms with van der Waals surface area (Å²) >= 11 is 0. The Balaban J connectivity index is 2.13. The van der Waals surface area contributed by atoms with Gasteiger partial charge in [-0.05, 0) is 24.8 Å². The van der Waals surface area contributed by atoms with Crippen LogP contribution in [0.2, 0.25) is 0 Å². The number of ether oxygens (including phenoxy) is 2. The highest BCUT2D eigenvalue weighted by atomic mass is 16.7. The van der Waals surface area contributed by atoms with E-state index in [1.807, 2.05) is 30.3 Å². The smallest absolute Gasteiger partial charge is 0.335 e. The summed E-state index contributed by atoms with van der Waals surface area (Å²) in [5.41, 5.74) is 3.15. The Labute approximate surface area is 137 Å². The molecule has 0 radical (unpaired) electrons. The molecule has 1 aromatic rings. The molecule has 0 bridgehead atoms. The predicted molar refractivity (Wildman–Crippen MR) is 85.2 cm³/mol. The van der Waals surface area contributed by atoms with Crippen LogP contribution in [-0.4, -0.2) is 31.2 Å². The fourth-order valence-electron chi connectivity index (χ4n) is 1.61. The Morgan fingerprint density at radius 2 is 1.83 bits per heavy atom. The molecule has 1 N–H and O–H groups in total. The summed E-state index contributed by atoms with van der Waals surface area (Å²) in [7, 11) is 0. The number of carbonyl (C=O) groups excluding carboxylic acids is 2. The van der Waals surface area contributed by atoms with Crippen LogP contribution in [0.3, 0.4) is 0 Å². The van der Waals surface area contributed by atoms with Crippen molar-refractivity contribution < 1.29 is 23.9 Å². The Hall–Kier alpha value is -1.92. The zero-order valence-corrected chi connectivity index (χ0v) is 13.9. The molecule has 128 valence electrons. The number of carbonyl (C=O) groups is 2. The Morgan fingerprint density at radius 1 is 1.13 bits per heavy atom. The van der Waals surface area contributed by atoms with Crippen molar-refractivity contribution in [2.45, 2.75) is 39.9 Å². The average molecular weight is 323 g/mol. The van der Waals surface area contributed by atoms with E-state index in [-0.39, 0.29) is 6.61 Å². The maximum absolute atomic E-state index is 11.7. The van der Waals surface area contributed by atoms with Crippen molar-refractivity contribution in [3.8, 4) is 0 Å². The molecule has 1 unspecified atom stereocenters. The number of esters is 1. The minimum Gasteiger partial charge on any atom is -0.454 e. The molecular weight excluding hydrogens is 298 g/mol. The Kier molecular flexibility index (Phi) is 8.94. The van der Waals surface area contributed by atoms with Crippen LogP contribution in [0.1, 0.15) is 32.8 Å². The van der Waals surface area contributed by atoms with E-state index in [0.29, 0.717) is 12.5 Å². The lowest BCUT2D eigenvalue weighted by molar-refractivity contribution is -0.162. The number of amides is 1. The second kappa shape index (κ2) is 10.7. The second-order valence-corrected chi connectivity index (χ2v) is 5.60. The van der Waals surface area contributed by atoms with Crippen LogP contribution >= 0.6 is 0 Å². The molecular formula is C17H25NO5. The van der Waals surface area contributed by atoms with E-state index >= 15 is 0 Å². The van der Waals surface area contributed by atoms with Crippen LogP contribution in [-0.2, 0) is 30.5 Å². The molecule has 1 aromatic carbocycles. The first kappa shape index (κ1) is 19.1. The van der Waals surface area contributed by atoms with Gasteiger partial charge in [-0.2, -0.15) is 0 Å². The fraction of sp³-hybridized carbons (Fsp3) is 0.529. The molecule has 0 aliphatic carbocycles. The molecule has 23 heavy (non-hydrogen) atoms. The van der Waals surface area contributed by atoms with Gasteiger partial charge in [0.15, 0.2) is 12.7 Å². The monoisotopic (exact) mass is 323 g/mol. The van der Waals surface area contributed by atoms with Gasteiger partial charge in [-0.1, -0.05) is 44.2 Å². The Morgan fingerprint density at radius 3 is 2.48 bits per heavy atom. The molecule has 0 saturated heterocycles. The maximum atomic E-state index is 11.7. The van der Waals surface area contributed by atoms with Gasteiger partial charge in [0.1, 0.15) is 0 Å². The quantitative estimate of drug-likeness (QED) is 0.528. The molecule has 1 rings (SSSR count). The van der Waals surface area contributed by atoms with Gasteiger partial charge < -0.3 is 9.47 Å². The van der Waals surface area contributed by atoms with E-state index in [0.717, 1.165) is 12.0 Å². The van der Waals surface area contributed by atoms with Crippen molar-refractivity contribution in [3.05, 3.63) is 35.9 Å². The van der Waals surface area contributed by atoms with Gasteiger partial charge in [0, 0.05) is 6.61 Å². The normalized spacial score (nSPS) is 12.0. The average Bonchev–Trinajstić information content (AvgIpc) is 2.53. The minimum absolute atomic E-state index is 0.245. The summed E-state index contributed by atoms with van der Waals surface area (Å²) in [5, 5.41) is 0. The van der Waals surface area contributed by atoms with Gasteiger partial charge in [-0.3, -0.25) is 9.63 Å². The highest BCUT2D eigenvalue weighted by Gasteiger charge is 2.16. The van der Waals surface area contributed by atoms with Crippen molar-refractivity contribution in [3.63, 3.8) is 0 Å². The van der Waals surface area contributed by atoms with Crippen molar-refractivity contribution in [2.24, 2.45) is 5.92 Å². The Bertz CT molecular complexity index is 475. The molecule has 1 atom stereocenters. The third-order valence-corrected chi connectivity index (χ3v) is 3.01. The first-order chi connectivity index (χ1) is 11.0. The van der Waals surface area contributed by atoms with Crippen LogP contribution < -0.4 is 5.48 Å². The number of hydroxylamine groups is 1. The third-order valence-electron chi connectivity index (χ3n) is 3.01. The summed E-state index contributed by atoms with van der Waals surface area (Å²) in [6.45, 7) is 6.09. The van der Waals surface area contributed by atoms with E-state index in [1.54, 1.807) is 6.92 Å². The van der Waals surface area contributed by atoms with Crippen LogP contribution in [0, 0.1) is 5.92 Å². The summed E-state index contributed by atoms with van der Waals surface area (Å²) in [6, 6.07) is 9.41. The lowest BCUT2D eigenvalue weighted by Crippen LogP contribution is -2.32. The van der Waals surface area contributed by atoms with Gasteiger partial charge in [0.05, 0.1) is 6.61 Å². The summed E-state index contributed by atoms with van der Waals surface area (Å²) in [6.07, 6.45) is 0.178. The second-order valence-electron chi connectivity index (χ2n) is 5.60. The largest absolute Gasteiger partial charge is 0.454 e. The van der Waals surface area contributed by atoms with E-state index in [4.69, 9.17) is 14.3 Å². The van der Waals surface area contributed by atoms with Gasteiger partial charge in [-0.25, -0.2) is 10.3 Å². The zero-order chi connectivity index (χ0) is 17.1. The topological polar surface area (TPSA) is 73.9 Å². The molecule has 0 spiro atoms. The van der Waals surface area contributed by atoms with Crippen LogP contribution in [0.15, 0.2) is 30.3 Å². The number of hydrogen-bond acceptors (Lipinski definition) is 5. The molecule has 0 aliphatic heterocycles. The SMILES string of the molecule is CC(C)CCOC(C)C(=O)OCC(=O)NOCc1ccccc1. The first-order valence-electron chi connectivity index (χ1n) is 7.71. The number of nitrogens with one attached hydrogen (secondary N) is 1. The lowest BCUT2D eigenvalue weighted by Gasteiger charge is -2.13. The molecule has 1 amide bonds. The molecule has 0 heterocycles. The van der Waals surface area contributed by atoms with Gasteiger partial charge >= 0.3 is 5.97 Å². The van der Waals surface area contributed by atoms with Crippen LogP contribution in [0.25, 0.3) is 0 Å². The standard InChI is InChI=1S/C17H25NO5/c1-13(2)9-10-21-14(3)17(20)22-12-16(19)18-23-11-15-7-5-4-6-8-15/h4-8,13-14H,9-12H2,1-3H3,(H,18,19). The van der Waals surface area contributed by atoms with Gasteiger partial charge in [-0.15, -0.1) is 0 Å². The van der Waals surface area contributed by atoms with Crippen molar-refractivity contribution in [2.75, 3.05) is 13.2 Å². The maximum Gasteiger partial charge on any atom is 0.335 e. The molecule has 0 aliphatic rings. The first-order valence-corrected chi connectivity index (χ1v) is 7.71.